The van der Waals surface area contributed by atoms with Crippen LogP contribution in [0.25, 0.3) is 0 Å². The number of aliphatic hydroxyl groups excluding tert-OH is 2. The van der Waals surface area contributed by atoms with Gasteiger partial charge in [-0.3, -0.25) is 0 Å². The first-order chi connectivity index (χ1) is 7.75. The fraction of sp³-hybridized carbons (Fsp3) is 0.500. The Morgan fingerprint density at radius 3 is 2.62 bits per heavy atom. The first kappa shape index (κ1) is 13.0. The molecule has 1 atom stereocenters. The third kappa shape index (κ3) is 4.18. The Labute approximate surface area is 95.4 Å². The molecule has 0 fully saturated rings. The van der Waals surface area contributed by atoms with Gasteiger partial charge < -0.3 is 19.7 Å². The summed E-state index contributed by atoms with van der Waals surface area (Å²) in [4.78, 5) is 0. The molecule has 90 valence electrons. The third-order valence-corrected chi connectivity index (χ3v) is 2.09. The van der Waals surface area contributed by atoms with Crippen molar-refractivity contribution in [2.45, 2.75) is 13.0 Å². The van der Waals surface area contributed by atoms with Crippen molar-refractivity contribution in [3.8, 4) is 5.75 Å². The van der Waals surface area contributed by atoms with E-state index in [0.717, 1.165) is 5.56 Å². The SMILES string of the molecule is CC(O)c1ccccc1OCCOCCO. The number of aliphatic hydroxyl groups is 2. The second kappa shape index (κ2) is 7.22. The fourth-order valence-corrected chi connectivity index (χ4v) is 1.33. The Hall–Kier alpha value is -1.10. The molecule has 0 aliphatic carbocycles. The molecule has 0 aliphatic heterocycles. The number of benzene rings is 1. The largest absolute Gasteiger partial charge is 0.491 e. The smallest absolute Gasteiger partial charge is 0.125 e. The topological polar surface area (TPSA) is 58.9 Å². The molecule has 0 spiro atoms. The molecular formula is C12H18O4. The van der Waals surface area contributed by atoms with E-state index in [-0.39, 0.29) is 6.61 Å². The van der Waals surface area contributed by atoms with E-state index in [0.29, 0.717) is 25.6 Å². The number of hydrogen-bond donors (Lipinski definition) is 2. The van der Waals surface area contributed by atoms with Gasteiger partial charge in [-0.1, -0.05) is 18.2 Å². The minimum atomic E-state index is -0.547. The van der Waals surface area contributed by atoms with Crippen LogP contribution in [0.4, 0.5) is 0 Å². The summed E-state index contributed by atoms with van der Waals surface area (Å²) in [6.07, 6.45) is -0.547. The zero-order valence-corrected chi connectivity index (χ0v) is 9.43. The molecule has 2 N–H and O–H groups in total. The van der Waals surface area contributed by atoms with Crippen LogP contribution in [0.5, 0.6) is 5.75 Å². The van der Waals surface area contributed by atoms with Gasteiger partial charge in [-0.2, -0.15) is 0 Å². The predicted octanol–water partition coefficient (Wildman–Crippen LogP) is 1.13. The highest BCUT2D eigenvalue weighted by atomic mass is 16.5. The van der Waals surface area contributed by atoms with Gasteiger partial charge in [-0.15, -0.1) is 0 Å². The van der Waals surface area contributed by atoms with Crippen molar-refractivity contribution in [3.05, 3.63) is 29.8 Å². The van der Waals surface area contributed by atoms with E-state index in [2.05, 4.69) is 0 Å². The number of ether oxygens (including phenoxy) is 2. The summed E-state index contributed by atoms with van der Waals surface area (Å²) >= 11 is 0. The molecule has 0 saturated heterocycles. The summed E-state index contributed by atoms with van der Waals surface area (Å²) in [6, 6.07) is 7.36. The van der Waals surface area contributed by atoms with E-state index in [1.165, 1.54) is 0 Å². The maximum absolute atomic E-state index is 9.50. The Balaban J connectivity index is 2.41. The molecule has 1 aromatic carbocycles. The van der Waals surface area contributed by atoms with Gasteiger partial charge in [0.2, 0.25) is 0 Å². The highest BCUT2D eigenvalue weighted by Gasteiger charge is 2.07. The molecule has 1 aromatic rings. The average molecular weight is 226 g/mol. The van der Waals surface area contributed by atoms with E-state index in [9.17, 15) is 5.11 Å². The van der Waals surface area contributed by atoms with Crippen LogP contribution in [0.2, 0.25) is 0 Å². The lowest BCUT2D eigenvalue weighted by molar-refractivity contribution is 0.0695. The van der Waals surface area contributed by atoms with Crippen molar-refractivity contribution in [3.63, 3.8) is 0 Å². The van der Waals surface area contributed by atoms with Gasteiger partial charge in [-0.25, -0.2) is 0 Å². The lowest BCUT2D eigenvalue weighted by atomic mass is 10.1. The normalized spacial score (nSPS) is 12.4. The number of rotatable bonds is 7. The molecule has 1 unspecified atom stereocenters. The fourth-order valence-electron chi connectivity index (χ4n) is 1.33. The van der Waals surface area contributed by atoms with Crippen LogP contribution < -0.4 is 4.74 Å². The van der Waals surface area contributed by atoms with Crippen molar-refractivity contribution in [1.82, 2.24) is 0 Å². The molecule has 0 aliphatic rings. The van der Waals surface area contributed by atoms with Crippen LogP contribution in [-0.2, 0) is 4.74 Å². The average Bonchev–Trinajstić information content (AvgIpc) is 2.29. The van der Waals surface area contributed by atoms with Gasteiger partial charge in [0.05, 0.1) is 25.9 Å². The monoisotopic (exact) mass is 226 g/mol. The number of hydrogen-bond acceptors (Lipinski definition) is 4. The first-order valence-corrected chi connectivity index (χ1v) is 5.34. The molecule has 4 heteroatoms. The highest BCUT2D eigenvalue weighted by molar-refractivity contribution is 5.34. The first-order valence-electron chi connectivity index (χ1n) is 5.34. The van der Waals surface area contributed by atoms with Gasteiger partial charge >= 0.3 is 0 Å². The third-order valence-electron chi connectivity index (χ3n) is 2.09. The standard InChI is InChI=1S/C12H18O4/c1-10(14)11-4-2-3-5-12(11)16-9-8-15-7-6-13/h2-5,10,13-14H,6-9H2,1H3. The van der Waals surface area contributed by atoms with Crippen molar-refractivity contribution < 1.29 is 19.7 Å². The Morgan fingerprint density at radius 2 is 1.94 bits per heavy atom. The molecule has 0 saturated carbocycles. The maximum Gasteiger partial charge on any atom is 0.125 e. The highest BCUT2D eigenvalue weighted by Crippen LogP contribution is 2.24. The second-order valence-electron chi connectivity index (χ2n) is 3.40. The summed E-state index contributed by atoms with van der Waals surface area (Å²) in [5.41, 5.74) is 0.768. The second-order valence-corrected chi connectivity index (χ2v) is 3.40. The minimum absolute atomic E-state index is 0.0181. The zero-order valence-electron chi connectivity index (χ0n) is 9.43. The predicted molar refractivity (Wildman–Crippen MR) is 60.5 cm³/mol. The summed E-state index contributed by atoms with van der Waals surface area (Å²) in [5, 5.41) is 18.0. The van der Waals surface area contributed by atoms with E-state index in [1.807, 2.05) is 24.3 Å². The minimum Gasteiger partial charge on any atom is -0.491 e. The van der Waals surface area contributed by atoms with Crippen molar-refractivity contribution >= 4 is 0 Å². The van der Waals surface area contributed by atoms with Gasteiger partial charge in [0.15, 0.2) is 0 Å². The van der Waals surface area contributed by atoms with Crippen LogP contribution in [0.15, 0.2) is 24.3 Å². The summed E-state index contributed by atoms with van der Waals surface area (Å²) in [5.74, 6) is 0.671. The molecule has 0 bridgehead atoms. The Kier molecular flexibility index (Phi) is 5.85. The van der Waals surface area contributed by atoms with Gasteiger partial charge in [0, 0.05) is 5.56 Å². The van der Waals surface area contributed by atoms with Gasteiger partial charge in [0.25, 0.3) is 0 Å². The van der Waals surface area contributed by atoms with E-state index < -0.39 is 6.10 Å². The lowest BCUT2D eigenvalue weighted by Crippen LogP contribution is -2.10. The summed E-state index contributed by atoms with van der Waals surface area (Å²) < 4.78 is 10.5. The van der Waals surface area contributed by atoms with Crippen LogP contribution >= 0.6 is 0 Å². The molecule has 0 aromatic heterocycles. The van der Waals surface area contributed by atoms with Crippen LogP contribution in [0, 0.1) is 0 Å². The molecule has 16 heavy (non-hydrogen) atoms. The van der Waals surface area contributed by atoms with Crippen molar-refractivity contribution in [2.75, 3.05) is 26.4 Å². The van der Waals surface area contributed by atoms with E-state index >= 15 is 0 Å². The molecule has 0 radical (unpaired) electrons. The molecule has 1 rings (SSSR count). The number of para-hydroxylation sites is 1. The van der Waals surface area contributed by atoms with Crippen molar-refractivity contribution in [1.29, 1.82) is 0 Å². The molecule has 0 heterocycles. The van der Waals surface area contributed by atoms with Crippen molar-refractivity contribution in [2.24, 2.45) is 0 Å². The zero-order chi connectivity index (χ0) is 11.8. The summed E-state index contributed by atoms with van der Waals surface area (Å²) in [6.45, 7) is 2.87. The molecule has 0 amide bonds. The van der Waals surface area contributed by atoms with E-state index in [1.54, 1.807) is 6.92 Å². The van der Waals surface area contributed by atoms with E-state index in [4.69, 9.17) is 14.6 Å². The van der Waals surface area contributed by atoms with Gasteiger partial charge in [-0.05, 0) is 13.0 Å². The maximum atomic E-state index is 9.50. The summed E-state index contributed by atoms with van der Waals surface area (Å²) in [7, 11) is 0. The Bertz CT molecular complexity index is 299. The molecular weight excluding hydrogens is 208 g/mol. The van der Waals surface area contributed by atoms with Gasteiger partial charge in [0.1, 0.15) is 12.4 Å². The quantitative estimate of drug-likeness (QED) is 0.684. The lowest BCUT2D eigenvalue weighted by Gasteiger charge is -2.13. The Morgan fingerprint density at radius 1 is 1.19 bits per heavy atom. The molecule has 4 nitrogen and oxygen atoms in total. The van der Waals surface area contributed by atoms with Crippen LogP contribution in [0.1, 0.15) is 18.6 Å². The van der Waals surface area contributed by atoms with Crippen LogP contribution in [0.3, 0.4) is 0 Å². The van der Waals surface area contributed by atoms with Crippen LogP contribution in [-0.4, -0.2) is 36.6 Å².